The standard InChI is InChI=1S/C19H24N6O4/c1-19(2,3)23-17-16-12(4-6-24(18(16)28)9-13(27)11-26)8-14(22-17)21-15-10-25(29)7-5-20-15/h4-8,10,13,26-27H,9,11H2,1-3H3,(H2-,20,21,22,23,28,29)/p+1/t13-/m0/s1. The summed E-state index contributed by atoms with van der Waals surface area (Å²) in [5.74, 6) is 1.26. The highest BCUT2D eigenvalue weighted by Crippen LogP contribution is 2.25. The fourth-order valence-corrected chi connectivity index (χ4v) is 2.86. The minimum atomic E-state index is -1.04. The third-order valence-electron chi connectivity index (χ3n) is 4.05. The van der Waals surface area contributed by atoms with Crippen molar-refractivity contribution >= 4 is 28.2 Å². The van der Waals surface area contributed by atoms with Crippen LogP contribution in [0.25, 0.3) is 10.8 Å². The Balaban J connectivity index is 2.13. The Morgan fingerprint density at radius 2 is 2.14 bits per heavy atom. The van der Waals surface area contributed by atoms with Gasteiger partial charge in [0.1, 0.15) is 11.6 Å². The second kappa shape index (κ2) is 8.02. The van der Waals surface area contributed by atoms with E-state index in [0.717, 1.165) is 0 Å². The average molecular weight is 401 g/mol. The summed E-state index contributed by atoms with van der Waals surface area (Å²) in [6.07, 6.45) is 4.68. The number of nitrogens with zero attached hydrogens (tertiary/aromatic N) is 3. The van der Waals surface area contributed by atoms with Crippen molar-refractivity contribution in [2.24, 2.45) is 0 Å². The van der Waals surface area contributed by atoms with Crippen LogP contribution in [-0.4, -0.2) is 43.0 Å². The number of hydrogen-bond acceptors (Lipinski definition) is 7. The van der Waals surface area contributed by atoms with Gasteiger partial charge in [0.15, 0.2) is 5.82 Å². The van der Waals surface area contributed by atoms with Crippen LogP contribution >= 0.6 is 0 Å². The maximum Gasteiger partial charge on any atom is 0.268 e. The summed E-state index contributed by atoms with van der Waals surface area (Å²) >= 11 is 0. The molecule has 10 nitrogen and oxygen atoms in total. The van der Waals surface area contributed by atoms with E-state index in [1.807, 2.05) is 20.8 Å². The summed E-state index contributed by atoms with van der Waals surface area (Å²) < 4.78 is 2.00. The highest BCUT2D eigenvalue weighted by Gasteiger charge is 2.18. The SMILES string of the molecule is CC(C)(C)Nc1nc(Nc2c[n+](=O)cc[nH]2)cc2ccn(C[C@H](O)CO)c(=O)c12. The second-order valence-electron chi connectivity index (χ2n) is 7.79. The van der Waals surface area contributed by atoms with Gasteiger partial charge in [-0.1, -0.05) is 0 Å². The molecule has 0 radical (unpaired) electrons. The number of rotatable bonds is 6. The molecule has 1 atom stereocenters. The van der Waals surface area contributed by atoms with Crippen molar-refractivity contribution in [3.63, 3.8) is 0 Å². The number of fused-ring (bicyclic) bond motifs is 1. The van der Waals surface area contributed by atoms with Gasteiger partial charge in [-0.2, -0.15) is 0 Å². The van der Waals surface area contributed by atoms with Crippen LogP contribution in [0.2, 0.25) is 0 Å². The predicted molar refractivity (Wildman–Crippen MR) is 110 cm³/mol. The monoisotopic (exact) mass is 401 g/mol. The minimum Gasteiger partial charge on any atom is -0.394 e. The van der Waals surface area contributed by atoms with Crippen molar-refractivity contribution in [1.82, 2.24) is 14.5 Å². The van der Waals surface area contributed by atoms with E-state index >= 15 is 0 Å². The fraction of sp³-hybridized carbons (Fsp3) is 0.368. The molecule has 0 aliphatic heterocycles. The van der Waals surface area contributed by atoms with Crippen LogP contribution in [0.4, 0.5) is 17.5 Å². The molecule has 3 aromatic rings. The number of aliphatic hydroxyl groups is 2. The molecule has 0 fully saturated rings. The van der Waals surface area contributed by atoms with Crippen LogP contribution in [0.15, 0.2) is 41.7 Å². The molecular formula is C19H25N6O4+. The van der Waals surface area contributed by atoms with Crippen molar-refractivity contribution in [2.45, 2.75) is 39.0 Å². The molecule has 0 bridgehead atoms. The number of H-pyrrole nitrogens is 1. The van der Waals surface area contributed by atoms with E-state index in [4.69, 9.17) is 5.11 Å². The lowest BCUT2D eigenvalue weighted by Gasteiger charge is -2.23. The van der Waals surface area contributed by atoms with Crippen molar-refractivity contribution in [3.8, 4) is 0 Å². The normalized spacial score (nSPS) is 12.7. The van der Waals surface area contributed by atoms with Crippen LogP contribution < -0.4 is 20.6 Å². The van der Waals surface area contributed by atoms with E-state index in [-0.39, 0.29) is 17.6 Å². The first-order chi connectivity index (χ1) is 13.7. The van der Waals surface area contributed by atoms with Gasteiger partial charge >= 0.3 is 0 Å². The molecular weight excluding hydrogens is 376 g/mol. The molecule has 3 rings (SSSR count). The van der Waals surface area contributed by atoms with Gasteiger partial charge in [0, 0.05) is 16.6 Å². The number of nitrogens with one attached hydrogen (secondary N) is 3. The first-order valence-corrected chi connectivity index (χ1v) is 9.15. The van der Waals surface area contributed by atoms with E-state index in [1.165, 1.54) is 23.2 Å². The number of hydrogen-bond donors (Lipinski definition) is 5. The number of pyridine rings is 2. The summed E-state index contributed by atoms with van der Waals surface area (Å²) in [6, 6.07) is 3.44. The summed E-state index contributed by atoms with van der Waals surface area (Å²) in [5.41, 5.74) is -0.697. The van der Waals surface area contributed by atoms with Crippen LogP contribution in [0.3, 0.4) is 0 Å². The van der Waals surface area contributed by atoms with Crippen molar-refractivity contribution in [3.05, 3.63) is 52.2 Å². The molecule has 0 aliphatic rings. The van der Waals surface area contributed by atoms with E-state index < -0.39 is 12.7 Å². The second-order valence-corrected chi connectivity index (χ2v) is 7.79. The Morgan fingerprint density at radius 1 is 1.38 bits per heavy atom. The first kappa shape index (κ1) is 20.5. The highest BCUT2D eigenvalue weighted by atomic mass is 16.3. The zero-order valence-corrected chi connectivity index (χ0v) is 16.5. The molecule has 10 heteroatoms. The van der Waals surface area contributed by atoms with Gasteiger partial charge in [0.25, 0.3) is 11.8 Å². The van der Waals surface area contributed by atoms with Gasteiger partial charge in [-0.15, -0.1) is 0 Å². The summed E-state index contributed by atoms with van der Waals surface area (Å²) in [4.78, 5) is 31.9. The number of anilines is 3. The van der Waals surface area contributed by atoms with Gasteiger partial charge in [-0.25, -0.2) is 4.98 Å². The largest absolute Gasteiger partial charge is 0.394 e. The molecule has 5 N–H and O–H groups in total. The minimum absolute atomic E-state index is 0.0251. The molecule has 0 saturated heterocycles. The molecule has 0 spiro atoms. The zero-order chi connectivity index (χ0) is 21.2. The van der Waals surface area contributed by atoms with Crippen LogP contribution in [0, 0.1) is 4.91 Å². The Labute approximate surface area is 166 Å². The van der Waals surface area contributed by atoms with E-state index in [1.54, 1.807) is 18.3 Å². The smallest absolute Gasteiger partial charge is 0.268 e. The predicted octanol–water partition coefficient (Wildman–Crippen LogP) is 0.946. The maximum absolute atomic E-state index is 13.0. The highest BCUT2D eigenvalue weighted by molar-refractivity contribution is 5.93. The lowest BCUT2D eigenvalue weighted by Crippen LogP contribution is -2.31. The molecule has 0 amide bonds. The number of aromatic nitrogens is 4. The van der Waals surface area contributed by atoms with E-state index in [0.29, 0.717) is 32.7 Å². The van der Waals surface area contributed by atoms with Crippen LogP contribution in [0.5, 0.6) is 0 Å². The van der Waals surface area contributed by atoms with Gasteiger partial charge in [0.2, 0.25) is 6.20 Å². The van der Waals surface area contributed by atoms with Crippen LogP contribution in [-0.2, 0) is 6.54 Å². The Morgan fingerprint density at radius 3 is 2.79 bits per heavy atom. The number of aromatic amines is 1. The Kier molecular flexibility index (Phi) is 5.66. The quantitative estimate of drug-likeness (QED) is 0.388. The first-order valence-electron chi connectivity index (χ1n) is 9.15. The molecule has 3 heterocycles. The van der Waals surface area contributed by atoms with E-state index in [9.17, 15) is 14.8 Å². The molecule has 0 unspecified atom stereocenters. The molecule has 3 aromatic heterocycles. The topological polar surface area (TPSA) is 138 Å². The third kappa shape index (κ3) is 4.98. The Hall–Kier alpha value is -3.24. The fourth-order valence-electron chi connectivity index (χ4n) is 2.86. The Bertz CT molecular complexity index is 1130. The summed E-state index contributed by atoms with van der Waals surface area (Å²) in [5, 5.41) is 26.1. The lowest BCUT2D eigenvalue weighted by molar-refractivity contribution is -0.494. The molecule has 29 heavy (non-hydrogen) atoms. The summed E-state index contributed by atoms with van der Waals surface area (Å²) in [7, 11) is 0. The average Bonchev–Trinajstić information content (AvgIpc) is 2.62. The van der Waals surface area contributed by atoms with Crippen molar-refractivity contribution in [2.75, 3.05) is 17.2 Å². The van der Waals surface area contributed by atoms with Gasteiger partial charge < -0.3 is 30.4 Å². The molecule has 0 aromatic carbocycles. The lowest BCUT2D eigenvalue weighted by atomic mass is 10.1. The van der Waals surface area contributed by atoms with Gasteiger partial charge in [-0.3, -0.25) is 4.79 Å². The van der Waals surface area contributed by atoms with Crippen molar-refractivity contribution in [1.29, 1.82) is 0 Å². The molecule has 0 aliphatic carbocycles. The van der Waals surface area contributed by atoms with Gasteiger partial charge in [0.05, 0.1) is 35.3 Å². The van der Waals surface area contributed by atoms with Gasteiger partial charge in [-0.05, 0) is 38.3 Å². The summed E-state index contributed by atoms with van der Waals surface area (Å²) in [6.45, 7) is 5.38. The number of aliphatic hydroxyl groups excluding tert-OH is 2. The third-order valence-corrected chi connectivity index (χ3v) is 4.05. The van der Waals surface area contributed by atoms with Crippen molar-refractivity contribution < 1.29 is 14.6 Å². The zero-order valence-electron chi connectivity index (χ0n) is 16.5. The molecule has 0 saturated carbocycles. The van der Waals surface area contributed by atoms with Crippen LogP contribution in [0.1, 0.15) is 20.8 Å². The van der Waals surface area contributed by atoms with E-state index in [2.05, 4.69) is 20.6 Å². The molecule has 154 valence electrons. The maximum atomic E-state index is 13.0.